The Bertz CT molecular complexity index is 995. The Morgan fingerprint density at radius 1 is 0.958 bits per heavy atom. The molecule has 0 aliphatic rings. The summed E-state index contributed by atoms with van der Waals surface area (Å²) < 4.78 is 5.76. The molecule has 0 saturated carbocycles. The Labute approximate surface area is 138 Å². The SMILES string of the molecule is O=C(Nc1ccc2oc(-c3ccccc3)nc2c1)c1ccccn1. The maximum Gasteiger partial charge on any atom is 0.274 e. The Balaban J connectivity index is 1.63. The standard InChI is InChI=1S/C19H13N3O2/c23-18(15-8-4-5-11-20-15)21-14-9-10-17-16(12-14)22-19(24-17)13-6-2-1-3-7-13/h1-12H,(H,21,23). The number of benzene rings is 2. The molecular formula is C19H13N3O2. The number of nitrogens with zero attached hydrogens (tertiary/aromatic N) is 2. The molecule has 0 atom stereocenters. The normalized spacial score (nSPS) is 10.7. The predicted molar refractivity (Wildman–Crippen MR) is 91.6 cm³/mol. The number of carbonyl (C=O) groups is 1. The van der Waals surface area contributed by atoms with E-state index in [-0.39, 0.29) is 5.91 Å². The van der Waals surface area contributed by atoms with Crippen molar-refractivity contribution in [3.8, 4) is 11.5 Å². The van der Waals surface area contributed by atoms with Crippen LogP contribution in [0, 0.1) is 0 Å². The van der Waals surface area contributed by atoms with Gasteiger partial charge >= 0.3 is 0 Å². The quantitative estimate of drug-likeness (QED) is 0.617. The van der Waals surface area contributed by atoms with Crippen molar-refractivity contribution < 1.29 is 9.21 Å². The van der Waals surface area contributed by atoms with Gasteiger partial charge in [-0.3, -0.25) is 9.78 Å². The van der Waals surface area contributed by atoms with Gasteiger partial charge in [-0.05, 0) is 42.5 Å². The number of aromatic nitrogens is 2. The van der Waals surface area contributed by atoms with Crippen LogP contribution < -0.4 is 5.32 Å². The van der Waals surface area contributed by atoms with Crippen LogP contribution >= 0.6 is 0 Å². The average molecular weight is 315 g/mol. The number of pyridine rings is 1. The van der Waals surface area contributed by atoms with Crippen LogP contribution in [-0.2, 0) is 0 Å². The van der Waals surface area contributed by atoms with Crippen molar-refractivity contribution in [3.63, 3.8) is 0 Å². The van der Waals surface area contributed by atoms with Gasteiger partial charge in [0.15, 0.2) is 5.58 Å². The van der Waals surface area contributed by atoms with E-state index in [2.05, 4.69) is 15.3 Å². The van der Waals surface area contributed by atoms with Crippen LogP contribution in [0.3, 0.4) is 0 Å². The minimum atomic E-state index is -0.262. The number of fused-ring (bicyclic) bond motifs is 1. The lowest BCUT2D eigenvalue weighted by Gasteiger charge is -2.03. The molecule has 5 heteroatoms. The number of hydrogen-bond donors (Lipinski definition) is 1. The van der Waals surface area contributed by atoms with E-state index in [9.17, 15) is 4.79 Å². The van der Waals surface area contributed by atoms with Crippen LogP contribution in [0.25, 0.3) is 22.6 Å². The average Bonchev–Trinajstić information content (AvgIpc) is 3.06. The van der Waals surface area contributed by atoms with Gasteiger partial charge in [0.25, 0.3) is 5.91 Å². The Hall–Kier alpha value is -3.47. The van der Waals surface area contributed by atoms with Crippen molar-refractivity contribution in [2.24, 2.45) is 0 Å². The first kappa shape index (κ1) is 14.1. The molecule has 2 aromatic carbocycles. The summed E-state index contributed by atoms with van der Waals surface area (Å²) in [7, 11) is 0. The van der Waals surface area contributed by atoms with Crippen LogP contribution in [0.15, 0.2) is 77.3 Å². The van der Waals surface area contributed by atoms with Gasteiger partial charge < -0.3 is 9.73 Å². The second kappa shape index (κ2) is 5.96. The molecule has 0 aliphatic heterocycles. The molecule has 4 rings (SSSR count). The fourth-order valence-corrected chi connectivity index (χ4v) is 2.40. The molecule has 1 N–H and O–H groups in total. The lowest BCUT2D eigenvalue weighted by Crippen LogP contribution is -2.13. The fourth-order valence-electron chi connectivity index (χ4n) is 2.40. The minimum absolute atomic E-state index is 0.262. The van der Waals surface area contributed by atoms with E-state index in [0.29, 0.717) is 28.4 Å². The zero-order valence-corrected chi connectivity index (χ0v) is 12.6. The van der Waals surface area contributed by atoms with E-state index >= 15 is 0 Å². The fraction of sp³-hybridized carbons (Fsp3) is 0. The monoisotopic (exact) mass is 315 g/mol. The molecule has 0 aliphatic carbocycles. The van der Waals surface area contributed by atoms with Gasteiger partial charge in [-0.25, -0.2) is 4.98 Å². The summed E-state index contributed by atoms with van der Waals surface area (Å²) in [6.45, 7) is 0. The van der Waals surface area contributed by atoms with E-state index < -0.39 is 0 Å². The molecule has 2 aromatic heterocycles. The summed E-state index contributed by atoms with van der Waals surface area (Å²) in [5, 5.41) is 2.82. The highest BCUT2D eigenvalue weighted by molar-refractivity contribution is 6.03. The lowest BCUT2D eigenvalue weighted by molar-refractivity contribution is 0.102. The number of hydrogen-bond acceptors (Lipinski definition) is 4. The van der Waals surface area contributed by atoms with Gasteiger partial charge in [0, 0.05) is 17.4 Å². The predicted octanol–water partition coefficient (Wildman–Crippen LogP) is 4.14. The maximum absolute atomic E-state index is 12.2. The highest BCUT2D eigenvalue weighted by Crippen LogP contribution is 2.26. The van der Waals surface area contributed by atoms with Gasteiger partial charge in [-0.15, -0.1) is 0 Å². The lowest BCUT2D eigenvalue weighted by atomic mass is 10.2. The summed E-state index contributed by atoms with van der Waals surface area (Å²) in [5.74, 6) is 0.292. The van der Waals surface area contributed by atoms with E-state index in [1.165, 1.54) is 0 Å². The van der Waals surface area contributed by atoms with E-state index in [0.717, 1.165) is 5.56 Å². The molecule has 5 nitrogen and oxygen atoms in total. The number of anilines is 1. The molecule has 116 valence electrons. The molecular weight excluding hydrogens is 302 g/mol. The summed E-state index contributed by atoms with van der Waals surface area (Å²) in [6.07, 6.45) is 1.59. The van der Waals surface area contributed by atoms with Crippen LogP contribution in [0.5, 0.6) is 0 Å². The summed E-state index contributed by atoms with van der Waals surface area (Å²) in [5.41, 5.74) is 3.28. The first-order valence-electron chi connectivity index (χ1n) is 7.48. The first-order valence-corrected chi connectivity index (χ1v) is 7.48. The summed E-state index contributed by atoms with van der Waals surface area (Å²) >= 11 is 0. The highest BCUT2D eigenvalue weighted by Gasteiger charge is 2.11. The van der Waals surface area contributed by atoms with E-state index in [1.54, 1.807) is 42.6 Å². The van der Waals surface area contributed by atoms with Crippen molar-refractivity contribution >= 4 is 22.7 Å². The van der Waals surface area contributed by atoms with E-state index in [4.69, 9.17) is 4.42 Å². The molecule has 1 amide bonds. The van der Waals surface area contributed by atoms with Gasteiger partial charge in [0.2, 0.25) is 5.89 Å². The van der Waals surface area contributed by atoms with Gasteiger partial charge in [0.05, 0.1) is 0 Å². The molecule has 0 spiro atoms. The van der Waals surface area contributed by atoms with Crippen LogP contribution in [-0.4, -0.2) is 15.9 Å². The minimum Gasteiger partial charge on any atom is -0.436 e. The van der Waals surface area contributed by atoms with Crippen molar-refractivity contribution in [1.29, 1.82) is 0 Å². The number of nitrogens with one attached hydrogen (secondary N) is 1. The van der Waals surface area contributed by atoms with E-state index in [1.807, 2.05) is 30.3 Å². The van der Waals surface area contributed by atoms with Crippen molar-refractivity contribution in [2.45, 2.75) is 0 Å². The van der Waals surface area contributed by atoms with Crippen LogP contribution in [0.2, 0.25) is 0 Å². The smallest absolute Gasteiger partial charge is 0.274 e. The number of carbonyl (C=O) groups excluding carboxylic acids is 1. The van der Waals surface area contributed by atoms with Gasteiger partial charge in [-0.1, -0.05) is 24.3 Å². The zero-order chi connectivity index (χ0) is 16.4. The molecule has 2 heterocycles. The Morgan fingerprint density at radius 3 is 2.58 bits per heavy atom. The number of amides is 1. The van der Waals surface area contributed by atoms with Gasteiger partial charge in [0.1, 0.15) is 11.2 Å². The summed E-state index contributed by atoms with van der Waals surface area (Å²) in [6, 6.07) is 20.2. The first-order chi connectivity index (χ1) is 11.8. The zero-order valence-electron chi connectivity index (χ0n) is 12.6. The maximum atomic E-state index is 12.2. The van der Waals surface area contributed by atoms with Crippen molar-refractivity contribution in [1.82, 2.24) is 9.97 Å². The third kappa shape index (κ3) is 2.75. The largest absolute Gasteiger partial charge is 0.436 e. The second-order valence-electron chi connectivity index (χ2n) is 5.24. The van der Waals surface area contributed by atoms with Gasteiger partial charge in [-0.2, -0.15) is 0 Å². The Kier molecular flexibility index (Phi) is 3.51. The molecule has 4 aromatic rings. The topological polar surface area (TPSA) is 68.0 Å². The second-order valence-corrected chi connectivity index (χ2v) is 5.24. The number of oxazole rings is 1. The summed E-state index contributed by atoms with van der Waals surface area (Å²) in [4.78, 5) is 20.7. The molecule has 0 radical (unpaired) electrons. The molecule has 0 bridgehead atoms. The molecule has 0 unspecified atom stereocenters. The van der Waals surface area contributed by atoms with Crippen LogP contribution in [0.1, 0.15) is 10.5 Å². The molecule has 0 fully saturated rings. The van der Waals surface area contributed by atoms with Crippen LogP contribution in [0.4, 0.5) is 5.69 Å². The number of rotatable bonds is 3. The molecule has 24 heavy (non-hydrogen) atoms. The Morgan fingerprint density at radius 2 is 1.79 bits per heavy atom. The van der Waals surface area contributed by atoms with Crippen molar-refractivity contribution in [3.05, 3.63) is 78.6 Å². The third-order valence-corrected chi connectivity index (χ3v) is 3.56. The molecule has 0 saturated heterocycles. The third-order valence-electron chi connectivity index (χ3n) is 3.56. The van der Waals surface area contributed by atoms with Crippen molar-refractivity contribution in [2.75, 3.05) is 5.32 Å². The highest BCUT2D eigenvalue weighted by atomic mass is 16.3.